The topological polar surface area (TPSA) is 69.7 Å². The number of rotatable bonds is 3. The number of carbonyl (C=O) groups excluding carboxylic acids is 1. The lowest BCUT2D eigenvalue weighted by Crippen LogP contribution is -2.28. The fraction of sp³-hybridized carbons (Fsp3) is 0.222. The van der Waals surface area contributed by atoms with Crippen molar-refractivity contribution in [3.63, 3.8) is 0 Å². The van der Waals surface area contributed by atoms with Crippen LogP contribution in [-0.4, -0.2) is 27.0 Å². The molecule has 10 heteroatoms. The van der Waals surface area contributed by atoms with E-state index in [0.717, 1.165) is 25.3 Å². The third-order valence-electron chi connectivity index (χ3n) is 1.85. The summed E-state index contributed by atoms with van der Waals surface area (Å²) < 4.78 is 66.1. The summed E-state index contributed by atoms with van der Waals surface area (Å²) in [6.45, 7) is 0. The van der Waals surface area contributed by atoms with Crippen LogP contribution in [0.2, 0.25) is 5.02 Å². The molecule has 0 fully saturated rings. The van der Waals surface area contributed by atoms with E-state index in [2.05, 4.69) is 8.92 Å². The number of carbonyl (C=O) groups is 1. The SMILES string of the molecule is COC(=O)c1cccc(OS(=O)(=O)C(F)(F)F)c1Cl. The first kappa shape index (κ1) is 15.6. The van der Waals surface area contributed by atoms with Gasteiger partial charge in [0.15, 0.2) is 5.75 Å². The first-order valence-corrected chi connectivity index (χ1v) is 6.26. The van der Waals surface area contributed by atoms with Crippen molar-refractivity contribution in [3.8, 4) is 5.75 Å². The molecule has 0 unspecified atom stereocenters. The Morgan fingerprint density at radius 3 is 2.37 bits per heavy atom. The maximum absolute atomic E-state index is 12.1. The van der Waals surface area contributed by atoms with Gasteiger partial charge in [-0.2, -0.15) is 21.6 Å². The van der Waals surface area contributed by atoms with E-state index in [1.165, 1.54) is 0 Å². The molecule has 5 nitrogen and oxygen atoms in total. The minimum atomic E-state index is -5.86. The van der Waals surface area contributed by atoms with Gasteiger partial charge in [-0.3, -0.25) is 0 Å². The van der Waals surface area contributed by atoms with Crippen molar-refractivity contribution in [2.24, 2.45) is 0 Å². The van der Waals surface area contributed by atoms with Gasteiger partial charge in [-0.05, 0) is 12.1 Å². The summed E-state index contributed by atoms with van der Waals surface area (Å²) in [6, 6.07) is 3.11. The fourth-order valence-corrected chi connectivity index (χ4v) is 1.77. The van der Waals surface area contributed by atoms with Crippen LogP contribution in [-0.2, 0) is 14.9 Å². The summed E-state index contributed by atoms with van der Waals surface area (Å²) in [6.07, 6.45) is 0. The zero-order chi connectivity index (χ0) is 14.8. The second kappa shape index (κ2) is 5.25. The largest absolute Gasteiger partial charge is 0.534 e. The quantitative estimate of drug-likeness (QED) is 0.486. The Labute approximate surface area is 111 Å². The molecule has 1 rings (SSSR count). The maximum Gasteiger partial charge on any atom is 0.534 e. The molecule has 19 heavy (non-hydrogen) atoms. The molecule has 0 bridgehead atoms. The Kier molecular flexibility index (Phi) is 4.31. The van der Waals surface area contributed by atoms with Crippen LogP contribution in [0, 0.1) is 0 Å². The van der Waals surface area contributed by atoms with Gasteiger partial charge in [0.25, 0.3) is 0 Å². The Morgan fingerprint density at radius 1 is 1.32 bits per heavy atom. The number of benzene rings is 1. The zero-order valence-electron chi connectivity index (χ0n) is 9.19. The van der Waals surface area contributed by atoms with Gasteiger partial charge in [-0.15, -0.1) is 0 Å². The molecule has 0 amide bonds. The van der Waals surface area contributed by atoms with Crippen molar-refractivity contribution in [1.82, 2.24) is 0 Å². The third-order valence-corrected chi connectivity index (χ3v) is 3.21. The number of ether oxygens (including phenoxy) is 1. The normalized spacial score (nSPS) is 12.1. The van der Waals surface area contributed by atoms with Gasteiger partial charge in [-0.1, -0.05) is 17.7 Å². The van der Waals surface area contributed by atoms with E-state index in [1.54, 1.807) is 0 Å². The highest BCUT2D eigenvalue weighted by Gasteiger charge is 2.48. The third kappa shape index (κ3) is 3.29. The van der Waals surface area contributed by atoms with Gasteiger partial charge in [0.1, 0.15) is 0 Å². The van der Waals surface area contributed by atoms with Crippen LogP contribution in [0.15, 0.2) is 18.2 Å². The van der Waals surface area contributed by atoms with E-state index < -0.39 is 32.4 Å². The Hall–Kier alpha value is -1.48. The van der Waals surface area contributed by atoms with Crippen molar-refractivity contribution in [1.29, 1.82) is 0 Å². The second-order valence-electron chi connectivity index (χ2n) is 3.09. The minimum absolute atomic E-state index is 0.320. The highest BCUT2D eigenvalue weighted by Crippen LogP contribution is 2.33. The van der Waals surface area contributed by atoms with Crippen molar-refractivity contribution in [2.45, 2.75) is 5.51 Å². The Balaban J connectivity index is 3.22. The molecule has 0 radical (unpaired) electrons. The molecule has 0 aromatic heterocycles. The second-order valence-corrected chi connectivity index (χ2v) is 5.01. The van der Waals surface area contributed by atoms with Gasteiger partial charge >= 0.3 is 21.6 Å². The molecule has 0 aliphatic heterocycles. The summed E-state index contributed by atoms with van der Waals surface area (Å²) in [5, 5.41) is -0.595. The molecule has 0 spiro atoms. The molecule has 0 N–H and O–H groups in total. The highest BCUT2D eigenvalue weighted by molar-refractivity contribution is 7.88. The van der Waals surface area contributed by atoms with Crippen LogP contribution in [0.5, 0.6) is 5.75 Å². The zero-order valence-corrected chi connectivity index (χ0v) is 10.8. The molecule has 0 aliphatic rings. The van der Waals surface area contributed by atoms with E-state index in [4.69, 9.17) is 11.6 Å². The summed E-state index contributed by atoms with van der Waals surface area (Å²) in [4.78, 5) is 11.2. The summed E-state index contributed by atoms with van der Waals surface area (Å²) in [5.74, 6) is -1.76. The lowest BCUT2D eigenvalue weighted by molar-refractivity contribution is -0.0500. The molecule has 106 valence electrons. The van der Waals surface area contributed by atoms with E-state index in [9.17, 15) is 26.4 Å². The Bertz CT molecular complexity index is 596. The maximum atomic E-state index is 12.1. The smallest absolute Gasteiger partial charge is 0.465 e. The number of methoxy groups -OCH3 is 1. The molecule has 0 heterocycles. The van der Waals surface area contributed by atoms with E-state index in [1.807, 2.05) is 0 Å². The van der Waals surface area contributed by atoms with E-state index in [-0.39, 0.29) is 5.56 Å². The van der Waals surface area contributed by atoms with Crippen LogP contribution in [0.25, 0.3) is 0 Å². The van der Waals surface area contributed by atoms with Crippen molar-refractivity contribution >= 4 is 27.7 Å². The average Bonchev–Trinajstić information content (AvgIpc) is 2.29. The molecule has 0 saturated heterocycles. The highest BCUT2D eigenvalue weighted by atomic mass is 35.5. The van der Waals surface area contributed by atoms with E-state index >= 15 is 0 Å². The lowest BCUT2D eigenvalue weighted by atomic mass is 10.2. The molecule has 0 atom stereocenters. The van der Waals surface area contributed by atoms with Gasteiger partial charge in [-0.25, -0.2) is 4.79 Å². The summed E-state index contributed by atoms with van der Waals surface area (Å²) >= 11 is 5.58. The average molecular weight is 319 g/mol. The first-order valence-electron chi connectivity index (χ1n) is 4.47. The first-order chi connectivity index (χ1) is 8.60. The van der Waals surface area contributed by atoms with Crippen molar-refractivity contribution in [2.75, 3.05) is 7.11 Å². The standard InChI is InChI=1S/C9H6ClF3O5S/c1-17-8(14)5-3-2-4-6(7(5)10)18-19(15,16)9(11,12)13/h2-4H,1H3. The molecule has 0 saturated carbocycles. The van der Waals surface area contributed by atoms with Crippen LogP contribution < -0.4 is 4.18 Å². The molecule has 1 aromatic carbocycles. The van der Waals surface area contributed by atoms with Gasteiger partial charge < -0.3 is 8.92 Å². The van der Waals surface area contributed by atoms with Gasteiger partial charge in [0.2, 0.25) is 0 Å². The minimum Gasteiger partial charge on any atom is -0.465 e. The lowest BCUT2D eigenvalue weighted by Gasteiger charge is -2.11. The number of halogens is 4. The number of esters is 1. The van der Waals surface area contributed by atoms with Crippen molar-refractivity contribution < 1.29 is 35.3 Å². The number of hydrogen-bond donors (Lipinski definition) is 0. The monoisotopic (exact) mass is 318 g/mol. The Morgan fingerprint density at radius 2 is 1.89 bits per heavy atom. The predicted octanol–water partition coefficient (Wildman–Crippen LogP) is 2.36. The van der Waals surface area contributed by atoms with Crippen LogP contribution in [0.3, 0.4) is 0 Å². The predicted molar refractivity (Wildman–Crippen MR) is 58.4 cm³/mol. The fourth-order valence-electron chi connectivity index (χ4n) is 1.01. The molecular weight excluding hydrogens is 313 g/mol. The molecule has 0 aliphatic carbocycles. The molecular formula is C9H6ClF3O5S. The molecule has 1 aromatic rings. The van der Waals surface area contributed by atoms with E-state index in [0.29, 0.717) is 0 Å². The summed E-state index contributed by atoms with van der Waals surface area (Å²) in [7, 11) is -4.83. The summed E-state index contributed by atoms with van der Waals surface area (Å²) in [5.41, 5.74) is -5.92. The number of alkyl halides is 3. The van der Waals surface area contributed by atoms with Crippen LogP contribution >= 0.6 is 11.6 Å². The number of hydrogen-bond acceptors (Lipinski definition) is 5. The van der Waals surface area contributed by atoms with Crippen LogP contribution in [0.4, 0.5) is 13.2 Å². The van der Waals surface area contributed by atoms with Crippen LogP contribution in [0.1, 0.15) is 10.4 Å². The van der Waals surface area contributed by atoms with Crippen molar-refractivity contribution in [3.05, 3.63) is 28.8 Å². The van der Waals surface area contributed by atoms with Gasteiger partial charge in [0.05, 0.1) is 17.7 Å². The van der Waals surface area contributed by atoms with Gasteiger partial charge in [0, 0.05) is 0 Å².